The van der Waals surface area contributed by atoms with Gasteiger partial charge in [0.25, 0.3) is 0 Å². The third-order valence-corrected chi connectivity index (χ3v) is 4.75. The predicted molar refractivity (Wildman–Crippen MR) is 76.0 cm³/mol. The number of benzene rings is 1. The summed E-state index contributed by atoms with van der Waals surface area (Å²) in [6, 6.07) is 3.71. The van der Waals surface area contributed by atoms with Crippen LogP contribution in [0, 0.1) is 26.6 Å². The lowest BCUT2D eigenvalue weighted by Crippen LogP contribution is -2.26. The van der Waals surface area contributed by atoms with Crippen molar-refractivity contribution >= 4 is 10.0 Å². The molecule has 0 radical (unpaired) electrons. The second kappa shape index (κ2) is 5.95. The van der Waals surface area contributed by atoms with Crippen molar-refractivity contribution in [2.45, 2.75) is 32.1 Å². The molecular formula is C14H17FN2O3S. The quantitative estimate of drug-likeness (QED) is 0.919. The van der Waals surface area contributed by atoms with E-state index in [1.54, 1.807) is 6.92 Å². The molecule has 0 unspecified atom stereocenters. The molecule has 0 fully saturated rings. The Morgan fingerprint density at radius 3 is 2.57 bits per heavy atom. The maximum Gasteiger partial charge on any atom is 0.240 e. The molecule has 1 heterocycles. The maximum atomic E-state index is 13.2. The van der Waals surface area contributed by atoms with Gasteiger partial charge in [-0.1, -0.05) is 5.16 Å². The number of aryl methyl sites for hydroxylation is 3. The molecule has 21 heavy (non-hydrogen) atoms. The standard InChI is InChI=1S/C14H17FN2O3S/c1-9-8-12(4-5-14(9)15)21(18,19)16-7-6-13-10(2)17-20-11(13)3/h4-5,8,16H,6-7H2,1-3H3. The normalized spacial score (nSPS) is 11.8. The number of hydrogen-bond acceptors (Lipinski definition) is 4. The number of aromatic nitrogens is 1. The van der Waals surface area contributed by atoms with Crippen LogP contribution in [0.4, 0.5) is 4.39 Å². The molecule has 5 nitrogen and oxygen atoms in total. The highest BCUT2D eigenvalue weighted by molar-refractivity contribution is 7.89. The Balaban J connectivity index is 2.06. The Bertz CT molecular complexity index is 734. The van der Waals surface area contributed by atoms with E-state index in [4.69, 9.17) is 4.52 Å². The molecule has 0 amide bonds. The molecule has 0 saturated carbocycles. The number of nitrogens with zero attached hydrogens (tertiary/aromatic N) is 1. The van der Waals surface area contributed by atoms with E-state index in [1.165, 1.54) is 19.1 Å². The fraction of sp³-hybridized carbons (Fsp3) is 0.357. The lowest BCUT2D eigenvalue weighted by atomic mass is 10.1. The average Bonchev–Trinajstić information content (AvgIpc) is 2.73. The lowest BCUT2D eigenvalue weighted by Gasteiger charge is -2.07. The van der Waals surface area contributed by atoms with Crippen LogP contribution in [0.5, 0.6) is 0 Å². The topological polar surface area (TPSA) is 72.2 Å². The first-order valence-corrected chi connectivity index (χ1v) is 7.97. The first-order chi connectivity index (χ1) is 9.81. The summed E-state index contributed by atoms with van der Waals surface area (Å²) in [6.45, 7) is 5.34. The van der Waals surface area contributed by atoms with Crippen LogP contribution in [-0.2, 0) is 16.4 Å². The van der Waals surface area contributed by atoms with Gasteiger partial charge in [0, 0.05) is 12.1 Å². The second-order valence-electron chi connectivity index (χ2n) is 4.86. The number of nitrogens with one attached hydrogen (secondary N) is 1. The van der Waals surface area contributed by atoms with Crippen molar-refractivity contribution in [2.75, 3.05) is 6.54 Å². The SMILES string of the molecule is Cc1cc(S(=O)(=O)NCCc2c(C)noc2C)ccc1F. The van der Waals surface area contributed by atoms with E-state index in [-0.39, 0.29) is 11.4 Å². The zero-order valence-electron chi connectivity index (χ0n) is 12.1. The fourth-order valence-electron chi connectivity index (χ4n) is 2.04. The van der Waals surface area contributed by atoms with E-state index in [9.17, 15) is 12.8 Å². The molecule has 0 aliphatic rings. The molecule has 114 valence electrons. The summed E-state index contributed by atoms with van der Waals surface area (Å²) in [6.07, 6.45) is 0.487. The molecule has 1 aromatic heterocycles. The Morgan fingerprint density at radius 2 is 2.00 bits per heavy atom. The van der Waals surface area contributed by atoms with Crippen molar-refractivity contribution in [1.29, 1.82) is 0 Å². The third-order valence-electron chi connectivity index (χ3n) is 3.29. The van der Waals surface area contributed by atoms with E-state index >= 15 is 0 Å². The number of hydrogen-bond donors (Lipinski definition) is 1. The highest BCUT2D eigenvalue weighted by Gasteiger charge is 2.16. The molecule has 0 aliphatic carbocycles. The maximum absolute atomic E-state index is 13.2. The van der Waals surface area contributed by atoms with Crippen LogP contribution in [0.2, 0.25) is 0 Å². The van der Waals surface area contributed by atoms with Crippen molar-refractivity contribution in [3.8, 4) is 0 Å². The van der Waals surface area contributed by atoms with Gasteiger partial charge in [-0.15, -0.1) is 0 Å². The molecule has 1 N–H and O–H groups in total. The molecule has 0 spiro atoms. The molecule has 0 saturated heterocycles. The molecule has 2 rings (SSSR count). The van der Waals surface area contributed by atoms with Crippen molar-refractivity contribution in [3.63, 3.8) is 0 Å². The van der Waals surface area contributed by atoms with Crippen LogP contribution in [0.1, 0.15) is 22.6 Å². The summed E-state index contributed by atoms with van der Waals surface area (Å²) < 4.78 is 44.9. The molecule has 0 atom stereocenters. The van der Waals surface area contributed by atoms with Gasteiger partial charge in [-0.25, -0.2) is 17.5 Å². The van der Waals surface area contributed by atoms with Gasteiger partial charge >= 0.3 is 0 Å². The first-order valence-electron chi connectivity index (χ1n) is 6.49. The molecular weight excluding hydrogens is 295 g/mol. The zero-order chi connectivity index (χ0) is 15.6. The van der Waals surface area contributed by atoms with Crippen LogP contribution in [0.15, 0.2) is 27.6 Å². The van der Waals surface area contributed by atoms with Gasteiger partial charge in [0.15, 0.2) is 0 Å². The molecule has 2 aromatic rings. The van der Waals surface area contributed by atoms with Gasteiger partial charge in [0.2, 0.25) is 10.0 Å². The smallest absolute Gasteiger partial charge is 0.240 e. The summed E-state index contributed by atoms with van der Waals surface area (Å²) in [5.41, 5.74) is 1.95. The van der Waals surface area contributed by atoms with E-state index < -0.39 is 15.8 Å². The highest BCUT2D eigenvalue weighted by atomic mass is 32.2. The highest BCUT2D eigenvalue weighted by Crippen LogP contribution is 2.15. The van der Waals surface area contributed by atoms with Crippen molar-refractivity contribution in [3.05, 3.63) is 46.6 Å². The zero-order valence-corrected chi connectivity index (χ0v) is 12.9. The predicted octanol–water partition coefficient (Wildman–Crippen LogP) is 2.26. The van der Waals surface area contributed by atoms with Crippen LogP contribution < -0.4 is 4.72 Å². The summed E-state index contributed by atoms with van der Waals surface area (Å²) in [5.74, 6) is 0.258. The minimum atomic E-state index is -3.65. The fourth-order valence-corrected chi connectivity index (χ4v) is 3.15. The van der Waals surface area contributed by atoms with Crippen LogP contribution >= 0.6 is 0 Å². The average molecular weight is 312 g/mol. The van der Waals surface area contributed by atoms with Gasteiger partial charge in [0.1, 0.15) is 11.6 Å². The number of sulfonamides is 1. The van der Waals surface area contributed by atoms with E-state index in [1.807, 2.05) is 6.92 Å². The minimum absolute atomic E-state index is 0.0557. The van der Waals surface area contributed by atoms with Gasteiger partial charge in [-0.3, -0.25) is 0 Å². The van der Waals surface area contributed by atoms with Crippen LogP contribution in [0.3, 0.4) is 0 Å². The number of rotatable bonds is 5. The minimum Gasteiger partial charge on any atom is -0.361 e. The lowest BCUT2D eigenvalue weighted by molar-refractivity contribution is 0.392. The monoisotopic (exact) mass is 312 g/mol. The molecule has 1 aromatic carbocycles. The van der Waals surface area contributed by atoms with Crippen LogP contribution in [0.25, 0.3) is 0 Å². The van der Waals surface area contributed by atoms with Gasteiger partial charge in [0.05, 0.1) is 10.6 Å². The van der Waals surface area contributed by atoms with Gasteiger partial charge < -0.3 is 4.52 Å². The Kier molecular flexibility index (Phi) is 4.43. The van der Waals surface area contributed by atoms with Crippen molar-refractivity contribution in [2.24, 2.45) is 0 Å². The molecule has 0 aliphatic heterocycles. The second-order valence-corrected chi connectivity index (χ2v) is 6.63. The Labute approximate surface area is 123 Å². The van der Waals surface area contributed by atoms with E-state index in [2.05, 4.69) is 9.88 Å². The van der Waals surface area contributed by atoms with Gasteiger partial charge in [-0.2, -0.15) is 0 Å². The third kappa shape index (κ3) is 3.48. The Morgan fingerprint density at radius 1 is 1.29 bits per heavy atom. The summed E-state index contributed by atoms with van der Waals surface area (Å²) in [4.78, 5) is 0.0557. The molecule has 0 bridgehead atoms. The van der Waals surface area contributed by atoms with Gasteiger partial charge in [-0.05, 0) is 51.0 Å². The van der Waals surface area contributed by atoms with Crippen molar-refractivity contribution in [1.82, 2.24) is 9.88 Å². The van der Waals surface area contributed by atoms with E-state index in [0.717, 1.165) is 17.3 Å². The Hall–Kier alpha value is -1.73. The largest absolute Gasteiger partial charge is 0.361 e. The summed E-state index contributed by atoms with van der Waals surface area (Å²) in [5, 5.41) is 3.82. The molecule has 7 heteroatoms. The van der Waals surface area contributed by atoms with E-state index in [0.29, 0.717) is 17.7 Å². The first kappa shape index (κ1) is 15.7. The number of halogens is 1. The summed E-state index contributed by atoms with van der Waals surface area (Å²) in [7, 11) is -3.65. The summed E-state index contributed by atoms with van der Waals surface area (Å²) >= 11 is 0. The van der Waals surface area contributed by atoms with Crippen LogP contribution in [-0.4, -0.2) is 20.1 Å². The van der Waals surface area contributed by atoms with Crippen molar-refractivity contribution < 1.29 is 17.3 Å².